The summed E-state index contributed by atoms with van der Waals surface area (Å²) in [4.78, 5) is 10.9. The van der Waals surface area contributed by atoms with Crippen molar-refractivity contribution >= 4 is 15.9 Å². The first-order valence-corrected chi connectivity index (χ1v) is 4.67. The molecule has 6 nitrogen and oxygen atoms in total. The fourth-order valence-electron chi connectivity index (χ4n) is 1.08. The molecule has 1 aromatic carbocycles. The summed E-state index contributed by atoms with van der Waals surface area (Å²) in [5.74, 6) is -0.675. The molecule has 1 atom stereocenters. The molecule has 0 radical (unpaired) electrons. The van der Waals surface area contributed by atoms with Gasteiger partial charge in [-0.2, -0.15) is 4.36 Å². The zero-order valence-corrected chi connectivity index (χ0v) is 10.7. The number of fused-ring (bicyclic) bond motifs is 1. The molecular formula is C7H8NNaO5S. The number of amides is 1. The third kappa shape index (κ3) is 2.85. The number of nitrogens with zero attached hydrogens (tertiary/aromatic N) is 1. The summed E-state index contributed by atoms with van der Waals surface area (Å²) in [6, 6.07) is 5.99. The zero-order valence-electron chi connectivity index (χ0n) is 7.89. The van der Waals surface area contributed by atoms with Crippen LogP contribution in [0.15, 0.2) is 33.5 Å². The Morgan fingerprint density at radius 1 is 1.20 bits per heavy atom. The molecule has 1 aromatic rings. The molecule has 0 saturated carbocycles. The quantitative estimate of drug-likeness (QED) is 0.430. The molecule has 0 bridgehead atoms. The fourth-order valence-corrected chi connectivity index (χ4v) is 2.17. The van der Waals surface area contributed by atoms with Crippen LogP contribution in [0, 0.1) is 0 Å². The van der Waals surface area contributed by atoms with Crippen molar-refractivity contribution in [3.8, 4) is 0 Å². The van der Waals surface area contributed by atoms with Crippen LogP contribution in [-0.2, 0) is 10.0 Å². The molecule has 4 N–H and O–H groups in total. The Morgan fingerprint density at radius 3 is 2.27 bits per heavy atom. The van der Waals surface area contributed by atoms with E-state index in [-0.39, 0.29) is 51.0 Å². The molecule has 0 saturated heterocycles. The van der Waals surface area contributed by atoms with Gasteiger partial charge in [-0.3, -0.25) is 9.00 Å². The maximum Gasteiger partial charge on any atom is 1.00 e. The minimum atomic E-state index is -3.68. The third-order valence-electron chi connectivity index (χ3n) is 1.60. The molecule has 1 aliphatic rings. The summed E-state index contributed by atoms with van der Waals surface area (Å²) < 4.78 is 25.2. The first-order chi connectivity index (χ1) is 5.61. The molecule has 78 valence electrons. The second-order valence-electron chi connectivity index (χ2n) is 2.37. The van der Waals surface area contributed by atoms with E-state index in [9.17, 15) is 13.6 Å². The van der Waals surface area contributed by atoms with Crippen LogP contribution < -0.4 is 29.6 Å². The summed E-state index contributed by atoms with van der Waals surface area (Å²) in [6.07, 6.45) is 0. The summed E-state index contributed by atoms with van der Waals surface area (Å²) in [7, 11) is -3.68. The molecule has 0 aliphatic carbocycles. The second-order valence-corrected chi connectivity index (χ2v) is 3.94. The third-order valence-corrected chi connectivity index (χ3v) is 2.92. The van der Waals surface area contributed by atoms with Gasteiger partial charge in [0.15, 0.2) is 0 Å². The van der Waals surface area contributed by atoms with Gasteiger partial charge in [-0.25, -0.2) is 0 Å². The Kier molecular flexibility index (Phi) is 6.52. The number of rotatable bonds is 0. The molecule has 8 heteroatoms. The van der Waals surface area contributed by atoms with E-state index in [0.717, 1.165) is 0 Å². The maximum absolute atomic E-state index is 11.1. The summed E-state index contributed by atoms with van der Waals surface area (Å²) >= 11 is 0. The van der Waals surface area contributed by atoms with Crippen molar-refractivity contribution in [1.29, 1.82) is 0 Å². The van der Waals surface area contributed by atoms with E-state index in [1.807, 2.05) is 0 Å². The Morgan fingerprint density at radius 2 is 1.73 bits per heavy atom. The second kappa shape index (κ2) is 5.71. The summed E-state index contributed by atoms with van der Waals surface area (Å²) in [6.45, 7) is 0. The minimum absolute atomic E-state index is 0. The predicted molar refractivity (Wildman–Crippen MR) is 47.6 cm³/mol. The van der Waals surface area contributed by atoms with E-state index in [0.29, 0.717) is 0 Å². The molecule has 0 fully saturated rings. The number of hydrogen-bond acceptors (Lipinski definition) is 3. The van der Waals surface area contributed by atoms with Gasteiger partial charge >= 0.3 is 29.6 Å². The van der Waals surface area contributed by atoms with Crippen molar-refractivity contribution in [3.05, 3.63) is 29.8 Å². The van der Waals surface area contributed by atoms with Crippen LogP contribution in [-0.4, -0.2) is 25.6 Å². The van der Waals surface area contributed by atoms with E-state index in [1.54, 1.807) is 12.1 Å². The van der Waals surface area contributed by atoms with Crippen LogP contribution in [0.1, 0.15) is 10.4 Å². The van der Waals surface area contributed by atoms with E-state index >= 15 is 0 Å². The van der Waals surface area contributed by atoms with Crippen LogP contribution in [0.25, 0.3) is 0 Å². The summed E-state index contributed by atoms with van der Waals surface area (Å²) in [5.41, 5.74) is 0.164. The molecule has 15 heavy (non-hydrogen) atoms. The van der Waals surface area contributed by atoms with Gasteiger partial charge in [0.2, 0.25) is 0 Å². The average Bonchev–Trinajstić information content (AvgIpc) is 2.25. The molecule has 2 rings (SSSR count). The van der Waals surface area contributed by atoms with Gasteiger partial charge in [0.1, 0.15) is 0 Å². The van der Waals surface area contributed by atoms with E-state index < -0.39 is 15.9 Å². The monoisotopic (exact) mass is 241 g/mol. The fraction of sp³-hybridized carbons (Fsp3) is 0. The van der Waals surface area contributed by atoms with Crippen molar-refractivity contribution in [3.63, 3.8) is 0 Å². The normalized spacial score (nSPS) is 21.3. The number of carbonyl (C=O) groups is 1. The smallest absolute Gasteiger partial charge is 0.760 e. The van der Waals surface area contributed by atoms with Crippen molar-refractivity contribution < 1.29 is 54.1 Å². The van der Waals surface area contributed by atoms with Gasteiger partial charge in [0.25, 0.3) is 5.91 Å². The first-order valence-electron chi connectivity index (χ1n) is 3.23. The number of hydrogen-bond donors (Lipinski definition) is 0. The standard InChI is InChI=1S/C7H5NO3S.Na.2H2O/c9-7-5-3-1-2-4-6(5)12(10,11)8-7;;;/h1-4H,(H,8,9,10,11);;2*1H2/q;+1;;/p-1. The van der Waals surface area contributed by atoms with Crippen LogP contribution in [0.4, 0.5) is 0 Å². The predicted octanol–water partition coefficient (Wildman–Crippen LogP) is -3.85. The van der Waals surface area contributed by atoms with Crippen molar-refractivity contribution in [2.24, 2.45) is 4.36 Å². The Labute approximate surface area is 109 Å². The average molecular weight is 241 g/mol. The van der Waals surface area contributed by atoms with Crippen LogP contribution in [0.2, 0.25) is 0 Å². The number of carbonyl (C=O) groups excluding carboxylic acids is 1. The van der Waals surface area contributed by atoms with Gasteiger partial charge in [-0.15, -0.1) is 0 Å². The van der Waals surface area contributed by atoms with E-state index in [4.69, 9.17) is 0 Å². The molecule has 0 spiro atoms. The first kappa shape index (κ1) is 17.1. The molecule has 1 unspecified atom stereocenters. The van der Waals surface area contributed by atoms with Gasteiger partial charge in [-0.1, -0.05) is 12.1 Å². The van der Waals surface area contributed by atoms with Gasteiger partial charge in [0.05, 0.1) is 5.56 Å². The number of benzene rings is 1. The van der Waals surface area contributed by atoms with Crippen molar-refractivity contribution in [1.82, 2.24) is 0 Å². The Hall–Kier alpha value is -0.280. The van der Waals surface area contributed by atoms with Gasteiger partial charge in [0, 0.05) is 14.9 Å². The molecular weight excluding hydrogens is 233 g/mol. The molecule has 1 heterocycles. The molecule has 1 aliphatic heterocycles. The van der Waals surface area contributed by atoms with Crippen LogP contribution in [0.3, 0.4) is 0 Å². The Bertz CT molecular complexity index is 480. The molecule has 0 aromatic heterocycles. The van der Waals surface area contributed by atoms with Gasteiger partial charge in [-0.05, 0) is 12.1 Å². The zero-order chi connectivity index (χ0) is 8.77. The van der Waals surface area contributed by atoms with E-state index in [1.165, 1.54) is 12.1 Å². The molecule has 1 amide bonds. The van der Waals surface area contributed by atoms with Crippen molar-refractivity contribution in [2.75, 3.05) is 0 Å². The van der Waals surface area contributed by atoms with E-state index in [2.05, 4.69) is 4.36 Å². The van der Waals surface area contributed by atoms with Gasteiger partial charge < -0.3 is 15.5 Å². The van der Waals surface area contributed by atoms with Crippen molar-refractivity contribution in [2.45, 2.75) is 4.90 Å². The van der Waals surface area contributed by atoms with Crippen LogP contribution >= 0.6 is 0 Å². The minimum Gasteiger partial charge on any atom is -0.760 e. The Balaban J connectivity index is 0. The largest absolute Gasteiger partial charge is 1.00 e. The topological polar surface area (TPSA) is 133 Å². The maximum atomic E-state index is 11.1. The van der Waals surface area contributed by atoms with Crippen LogP contribution in [0.5, 0.6) is 0 Å². The summed E-state index contributed by atoms with van der Waals surface area (Å²) in [5, 5.41) is 0. The SMILES string of the molecule is O.O.O=C1N=S(=O)([O-])c2ccccc21.[Na+].